The average Bonchev–Trinajstić information content (AvgIpc) is 1.67. The number of carbonyl (C=O) groups is 6. The molecule has 97 heavy (non-hydrogen) atoms. The number of ketones is 1. The minimum Gasteiger partial charge on any atom is -0.507 e. The van der Waals surface area contributed by atoms with E-state index in [-0.39, 0.29) is 104 Å². The topological polar surface area (TPSA) is 326 Å². The number of amides is 2. The van der Waals surface area contributed by atoms with Gasteiger partial charge in [-0.1, -0.05) is 90.1 Å². The molecule has 9 atom stereocenters. The highest BCUT2D eigenvalue weighted by atomic mass is 31.1. The van der Waals surface area contributed by atoms with Crippen molar-refractivity contribution in [3.8, 4) is 28.7 Å². The summed E-state index contributed by atoms with van der Waals surface area (Å²) >= 11 is 0. The Morgan fingerprint density at radius 2 is 1.57 bits per heavy atom. The number of Topliss-reactive ketones (excluding diaryl/α,β-unsaturated/α-hetero) is 1. The molecule has 4 aromatic carbocycles. The number of aromatic nitrogens is 1. The van der Waals surface area contributed by atoms with Crippen LogP contribution in [0.1, 0.15) is 113 Å². The van der Waals surface area contributed by atoms with Crippen molar-refractivity contribution in [3.05, 3.63) is 135 Å². The van der Waals surface area contributed by atoms with E-state index in [0.717, 1.165) is 25.2 Å². The van der Waals surface area contributed by atoms with Gasteiger partial charge in [-0.3, -0.25) is 42.8 Å². The number of ether oxygens (including phenoxy) is 6. The Kier molecular flexibility index (Phi) is 23.2. The van der Waals surface area contributed by atoms with E-state index in [4.69, 9.17) is 37.8 Å². The minimum atomic E-state index is -2.17. The van der Waals surface area contributed by atoms with Gasteiger partial charge in [0.25, 0.3) is 11.7 Å². The van der Waals surface area contributed by atoms with Crippen molar-refractivity contribution < 1.29 is 86.1 Å². The van der Waals surface area contributed by atoms with Gasteiger partial charge in [-0.2, -0.15) is 0 Å². The molecular formula is C71H81N5O19P2. The number of carbonyl (C=O) groups excluding carboxylic acids is 6. The van der Waals surface area contributed by atoms with Crippen molar-refractivity contribution in [2.45, 2.75) is 131 Å². The highest BCUT2D eigenvalue weighted by Gasteiger charge is 2.50. The number of benzene rings is 5. The largest absolute Gasteiger partial charge is 0.507 e. The van der Waals surface area contributed by atoms with Crippen LogP contribution >= 0.6 is 16.9 Å². The number of aromatic hydroxyl groups is 2. The van der Waals surface area contributed by atoms with Gasteiger partial charge in [0.15, 0.2) is 28.3 Å². The number of allylic oxidation sites excluding steroid dienone is 2. The maximum Gasteiger partial charge on any atom is 0.338 e. The number of nitrogens with one attached hydrogen (secondary N) is 2. The summed E-state index contributed by atoms with van der Waals surface area (Å²) in [5.41, 5.74) is 0.272. The molecule has 5 aliphatic heterocycles. The van der Waals surface area contributed by atoms with Crippen molar-refractivity contribution in [2.75, 3.05) is 55.4 Å². The Hall–Kier alpha value is -8.92. The standard InChI is InChI=1S/C71H81N5O19P2/c1-36(2)34-75-26-28-76(29-27-75)47-32-49(78)58-51(33-47)93-67-59(73-58)55-56-62(82)42(8)66-57(55)68(84)71(10,95-66)91-30-25-50(89-11)39(5)65(92-43(9)77)41(7)61(81)40(6)64(37(3)15-14-16-38(4)69(85)74-60(67)63(56)83)94-70(86)48-18-13-12-17-45(48)35-90-53(80)24-23-52(79)72-46-21-19-44(20-22-46)31-54(96-87)97-88/h12-22,25,30,32-33,36-37,39-41,50,54,61,64-65,78,81-82H,23-24,26-29,31,34-35H2,1-11H3,(H,72,79)(H,74,85)/b15-14+,30-25+,38-16-/t37-,39+,40-,41+,50-,61+,64-,65+,71-/m0/s1. The molecule has 0 unspecified atom stereocenters. The van der Waals surface area contributed by atoms with E-state index < -0.39 is 117 Å². The number of hydrogen-bond donors (Lipinski definition) is 5. The number of phenolic OH excluding ortho intramolecular Hbond substituents is 2. The maximum absolute atomic E-state index is 15.2. The first-order valence-corrected chi connectivity index (χ1v) is 33.8. The number of fused-ring (bicyclic) bond motifs is 14. The maximum atomic E-state index is 15.2. The molecule has 0 saturated carbocycles. The van der Waals surface area contributed by atoms with Gasteiger partial charge in [0, 0.05) is 129 Å². The summed E-state index contributed by atoms with van der Waals surface area (Å²) in [6.07, 6.45) is 2.37. The highest BCUT2D eigenvalue weighted by Crippen LogP contribution is 2.51. The van der Waals surface area contributed by atoms with Crippen LogP contribution in [0.5, 0.6) is 17.2 Å². The average molecular weight is 1370 g/mol. The second-order valence-electron chi connectivity index (χ2n) is 25.6. The SMILES string of the molecule is CO[C@H]1/C=C/O[C@@]2(C)Oc3c(C)c(O)c4c(=O)c(c5oc6cc(N7CCN(CC(C)C)CC7)cc(O)c6nc-5c4c3C2=O)NC(=O)/C(C)=C\C=C\[C@H](C)[C@H](OC(=O)c2ccccc2COC(=O)CCC(=O)Nc2ccc(CC(P=O)P=O)cc2)[C@@H](C)[C@@H](O)[C@@H](C)[C@H](OC(C)=O)[C@@H]1C. The van der Waals surface area contributed by atoms with Gasteiger partial charge >= 0.3 is 23.7 Å². The lowest BCUT2D eigenvalue weighted by molar-refractivity contribution is -0.160. The first-order valence-electron chi connectivity index (χ1n) is 32.1. The number of aliphatic hydroxyl groups is 1. The van der Waals surface area contributed by atoms with Crippen LogP contribution in [0.25, 0.3) is 33.3 Å². The third-order valence-electron chi connectivity index (χ3n) is 18.1. The van der Waals surface area contributed by atoms with E-state index in [1.165, 1.54) is 65.4 Å². The lowest BCUT2D eigenvalue weighted by Gasteiger charge is -2.39. The van der Waals surface area contributed by atoms with Gasteiger partial charge in [-0.15, -0.1) is 0 Å². The van der Waals surface area contributed by atoms with E-state index in [1.807, 2.05) is 0 Å². The van der Waals surface area contributed by atoms with Crippen LogP contribution in [0.4, 0.5) is 17.1 Å². The first-order chi connectivity index (χ1) is 46.2. The molecule has 2 amide bonds. The van der Waals surface area contributed by atoms with Crippen molar-refractivity contribution in [1.82, 2.24) is 9.88 Å². The molecule has 0 radical (unpaired) electrons. The van der Waals surface area contributed by atoms with Crippen LogP contribution in [0.2, 0.25) is 0 Å². The van der Waals surface area contributed by atoms with Gasteiger partial charge in [0.2, 0.25) is 11.3 Å². The molecule has 1 fully saturated rings. The molecule has 1 aliphatic carbocycles. The van der Waals surface area contributed by atoms with E-state index in [9.17, 15) is 48.4 Å². The summed E-state index contributed by atoms with van der Waals surface area (Å²) in [5, 5.41) is 40.6. The van der Waals surface area contributed by atoms with Crippen molar-refractivity contribution >= 4 is 91.4 Å². The zero-order valence-electron chi connectivity index (χ0n) is 55.9. The molecule has 0 aromatic heterocycles. The predicted molar refractivity (Wildman–Crippen MR) is 363 cm³/mol. The Balaban J connectivity index is 1.06. The van der Waals surface area contributed by atoms with E-state index in [0.29, 0.717) is 36.8 Å². The number of rotatable bonds is 17. The Bertz CT molecular complexity index is 4140. The molecule has 5 N–H and O–H groups in total. The zero-order valence-corrected chi connectivity index (χ0v) is 57.7. The van der Waals surface area contributed by atoms with Gasteiger partial charge < -0.3 is 63.7 Å². The smallest absolute Gasteiger partial charge is 0.338 e. The number of hydrogen-bond acceptors (Lipinski definition) is 22. The summed E-state index contributed by atoms with van der Waals surface area (Å²) in [5.74, 6) is -10.8. The number of phenols is 2. The van der Waals surface area contributed by atoms with Gasteiger partial charge in [0.05, 0.1) is 41.4 Å². The molecule has 5 heterocycles. The number of methoxy groups -OCH3 is 1. The number of esters is 3. The van der Waals surface area contributed by atoms with E-state index in [1.54, 1.807) is 88.4 Å². The summed E-state index contributed by atoms with van der Waals surface area (Å²) in [6, 6.07) is 16.1. The quantitative estimate of drug-likeness (QED) is 0.0186. The number of anilines is 3. The van der Waals surface area contributed by atoms with Crippen LogP contribution in [-0.4, -0.2) is 136 Å². The zero-order chi connectivity index (χ0) is 70.3. The van der Waals surface area contributed by atoms with Crippen LogP contribution in [0, 0.1) is 36.5 Å². The summed E-state index contributed by atoms with van der Waals surface area (Å²) in [7, 11) is 0.889. The van der Waals surface area contributed by atoms with Crippen LogP contribution < -0.4 is 25.7 Å². The Morgan fingerprint density at radius 1 is 0.876 bits per heavy atom. The van der Waals surface area contributed by atoms with Gasteiger partial charge in [-0.05, 0) is 56.0 Å². The molecule has 1 saturated heterocycles. The molecule has 26 heteroatoms. The third-order valence-corrected chi connectivity index (χ3v) is 19.5. The highest BCUT2D eigenvalue weighted by molar-refractivity contribution is 7.44. The van der Waals surface area contributed by atoms with Crippen LogP contribution in [0.3, 0.4) is 0 Å². The Morgan fingerprint density at radius 3 is 2.24 bits per heavy atom. The minimum absolute atomic E-state index is 0.0130. The molecule has 6 aliphatic rings. The third kappa shape index (κ3) is 16.1. The predicted octanol–water partition coefficient (Wildman–Crippen LogP) is 11.2. The first kappa shape index (κ1) is 72.4. The van der Waals surface area contributed by atoms with Gasteiger partial charge in [-0.25, -0.2) is 9.78 Å². The lowest BCUT2D eigenvalue weighted by Crippen LogP contribution is -2.47. The molecule has 10 rings (SSSR count). The molecule has 0 spiro atoms. The Labute approximate surface area is 564 Å². The van der Waals surface area contributed by atoms with Crippen LogP contribution in [0.15, 0.2) is 106 Å². The second kappa shape index (κ2) is 31.1. The fourth-order valence-corrected chi connectivity index (χ4v) is 13.4. The summed E-state index contributed by atoms with van der Waals surface area (Å²) in [6.45, 7) is 19.8. The van der Waals surface area contributed by atoms with Crippen LogP contribution in [-0.2, 0) is 65.0 Å². The molecule has 4 aromatic rings. The lowest BCUT2D eigenvalue weighted by atomic mass is 9.78. The molecule has 5 bridgehead atoms. The molecular weight excluding hydrogens is 1290 g/mol. The molecule has 514 valence electrons. The van der Waals surface area contributed by atoms with E-state index in [2.05, 4.69) is 34.3 Å². The normalized spacial score (nSPS) is 24.3. The van der Waals surface area contributed by atoms with Crippen molar-refractivity contribution in [1.29, 1.82) is 0 Å². The van der Waals surface area contributed by atoms with Crippen molar-refractivity contribution in [3.63, 3.8) is 0 Å². The molecule has 24 nitrogen and oxygen atoms in total. The number of nitrogens with zero attached hydrogens (tertiary/aromatic N) is 3. The van der Waals surface area contributed by atoms with Gasteiger partial charge in [0.1, 0.15) is 58.4 Å². The second-order valence-corrected chi connectivity index (χ2v) is 27.6. The summed E-state index contributed by atoms with van der Waals surface area (Å²) < 4.78 is 65.4. The van der Waals surface area contributed by atoms with E-state index >= 15 is 9.59 Å². The van der Waals surface area contributed by atoms with Crippen molar-refractivity contribution in [2.24, 2.45) is 29.6 Å². The number of piperazine rings is 1. The summed E-state index contributed by atoms with van der Waals surface area (Å²) in [4.78, 5) is 108. The monoisotopic (exact) mass is 1370 g/mol. The number of aliphatic hydroxyl groups excluding tert-OH is 1. The fraction of sp³-hybridized carbons (Fsp3) is 0.437. The fourth-order valence-electron chi connectivity index (χ4n) is 12.7.